The molecule has 1 heterocycles. The van der Waals surface area contributed by atoms with Gasteiger partial charge in [0, 0.05) is 12.6 Å². The fourth-order valence-corrected chi connectivity index (χ4v) is 2.62. The zero-order valence-electron chi connectivity index (χ0n) is 10.9. The van der Waals surface area contributed by atoms with E-state index < -0.39 is 0 Å². The number of fused-ring (bicyclic) bond motifs is 1. The summed E-state index contributed by atoms with van der Waals surface area (Å²) in [7, 11) is 2.07. The molecule has 0 N–H and O–H groups in total. The quantitative estimate of drug-likeness (QED) is 0.717. The highest BCUT2D eigenvalue weighted by Crippen LogP contribution is 2.24. The summed E-state index contributed by atoms with van der Waals surface area (Å²) in [5, 5.41) is 0. The van der Waals surface area contributed by atoms with E-state index in [9.17, 15) is 0 Å². The zero-order valence-corrected chi connectivity index (χ0v) is 11.8. The summed E-state index contributed by atoms with van der Waals surface area (Å²) in [6.07, 6.45) is 0.991. The maximum Gasteiger partial charge on any atom is 0.140 e. The molecule has 0 saturated heterocycles. The predicted molar refractivity (Wildman–Crippen MR) is 83.7 cm³/mol. The molecular formula is C16H16N2S. The summed E-state index contributed by atoms with van der Waals surface area (Å²) in [6, 6.07) is 16.7. The minimum absolute atomic E-state index is 0.870. The fraction of sp³-hybridized carbons (Fsp3) is 0.188. The molecule has 0 bridgehead atoms. The van der Waals surface area contributed by atoms with Crippen molar-refractivity contribution in [3.63, 3.8) is 0 Å². The van der Waals surface area contributed by atoms with E-state index >= 15 is 0 Å². The standard InChI is InChI=1S/C16H16N2S/c1-18-15-11-12(9-10-19)7-8-14(15)17-16(18)13-5-3-2-4-6-13/h2-8,11,19H,9-10H2,1H3. The minimum Gasteiger partial charge on any atom is -0.327 e. The molecule has 19 heavy (non-hydrogen) atoms. The van der Waals surface area contributed by atoms with Crippen LogP contribution < -0.4 is 0 Å². The molecule has 0 amide bonds. The number of hydrogen-bond donors (Lipinski definition) is 1. The zero-order chi connectivity index (χ0) is 13.2. The molecule has 0 aliphatic heterocycles. The Morgan fingerprint density at radius 3 is 2.63 bits per heavy atom. The van der Waals surface area contributed by atoms with E-state index in [1.54, 1.807) is 0 Å². The van der Waals surface area contributed by atoms with Gasteiger partial charge in [-0.25, -0.2) is 4.98 Å². The van der Waals surface area contributed by atoms with Crippen molar-refractivity contribution in [3.05, 3.63) is 54.1 Å². The van der Waals surface area contributed by atoms with Crippen molar-refractivity contribution in [1.82, 2.24) is 9.55 Å². The second-order valence-corrected chi connectivity index (χ2v) is 5.10. The number of nitrogens with zero attached hydrogens (tertiary/aromatic N) is 2. The van der Waals surface area contributed by atoms with Crippen LogP contribution in [0.5, 0.6) is 0 Å². The minimum atomic E-state index is 0.870. The molecule has 96 valence electrons. The maximum atomic E-state index is 4.73. The third kappa shape index (κ3) is 2.26. The molecule has 0 saturated carbocycles. The van der Waals surface area contributed by atoms with E-state index in [0.717, 1.165) is 29.1 Å². The summed E-state index contributed by atoms with van der Waals surface area (Å²) in [5.74, 6) is 1.88. The van der Waals surface area contributed by atoms with Crippen molar-refractivity contribution in [2.45, 2.75) is 6.42 Å². The first-order chi connectivity index (χ1) is 9.29. The van der Waals surface area contributed by atoms with E-state index in [0.29, 0.717) is 0 Å². The van der Waals surface area contributed by atoms with Crippen molar-refractivity contribution in [3.8, 4) is 11.4 Å². The highest BCUT2D eigenvalue weighted by molar-refractivity contribution is 7.80. The van der Waals surface area contributed by atoms with Crippen molar-refractivity contribution in [1.29, 1.82) is 0 Å². The van der Waals surface area contributed by atoms with Crippen molar-refractivity contribution in [2.75, 3.05) is 5.75 Å². The lowest BCUT2D eigenvalue weighted by Gasteiger charge is -2.03. The normalized spacial score (nSPS) is 11.1. The fourth-order valence-electron chi connectivity index (χ4n) is 2.37. The van der Waals surface area contributed by atoms with Crippen LogP contribution in [0.4, 0.5) is 0 Å². The van der Waals surface area contributed by atoms with Gasteiger partial charge in [-0.05, 0) is 29.9 Å². The van der Waals surface area contributed by atoms with Gasteiger partial charge in [0.25, 0.3) is 0 Å². The lowest BCUT2D eigenvalue weighted by molar-refractivity contribution is 0.957. The third-order valence-corrected chi connectivity index (χ3v) is 3.60. The summed E-state index contributed by atoms with van der Waals surface area (Å²) < 4.78 is 2.16. The molecule has 0 radical (unpaired) electrons. The van der Waals surface area contributed by atoms with Gasteiger partial charge in [0.05, 0.1) is 11.0 Å². The summed E-state index contributed by atoms with van der Waals surface area (Å²) >= 11 is 4.29. The number of thiol groups is 1. The number of benzene rings is 2. The van der Waals surface area contributed by atoms with Crippen LogP contribution in [0.3, 0.4) is 0 Å². The molecule has 3 aromatic rings. The van der Waals surface area contributed by atoms with Gasteiger partial charge in [0.2, 0.25) is 0 Å². The van der Waals surface area contributed by atoms with Gasteiger partial charge >= 0.3 is 0 Å². The Hall–Kier alpha value is -1.74. The molecular weight excluding hydrogens is 252 g/mol. The molecule has 3 heteroatoms. The number of aromatic nitrogens is 2. The molecule has 1 aromatic heterocycles. The van der Waals surface area contributed by atoms with Crippen molar-refractivity contribution < 1.29 is 0 Å². The molecule has 3 rings (SSSR count). The Morgan fingerprint density at radius 1 is 1.11 bits per heavy atom. The Bertz CT molecular complexity index is 701. The van der Waals surface area contributed by atoms with Gasteiger partial charge in [-0.15, -0.1) is 0 Å². The molecule has 0 atom stereocenters. The van der Waals surface area contributed by atoms with Gasteiger partial charge < -0.3 is 4.57 Å². The van der Waals surface area contributed by atoms with Crippen LogP contribution in [0.25, 0.3) is 22.4 Å². The van der Waals surface area contributed by atoms with Crippen LogP contribution in [0.15, 0.2) is 48.5 Å². The van der Waals surface area contributed by atoms with Gasteiger partial charge in [-0.1, -0.05) is 36.4 Å². The van der Waals surface area contributed by atoms with Crippen LogP contribution in [0.1, 0.15) is 5.56 Å². The molecule has 0 aliphatic rings. The molecule has 2 nitrogen and oxygen atoms in total. The average molecular weight is 268 g/mol. The first kappa shape index (κ1) is 12.3. The van der Waals surface area contributed by atoms with Gasteiger partial charge in [0.15, 0.2) is 0 Å². The summed E-state index contributed by atoms with van der Waals surface area (Å²) in [4.78, 5) is 4.73. The number of rotatable bonds is 3. The Morgan fingerprint density at radius 2 is 1.89 bits per heavy atom. The summed E-state index contributed by atoms with van der Waals surface area (Å²) in [5.41, 5.74) is 4.68. The monoisotopic (exact) mass is 268 g/mol. The average Bonchev–Trinajstić information content (AvgIpc) is 2.78. The second-order valence-electron chi connectivity index (χ2n) is 4.66. The maximum absolute atomic E-state index is 4.73. The van der Waals surface area contributed by atoms with E-state index in [-0.39, 0.29) is 0 Å². The van der Waals surface area contributed by atoms with Crippen molar-refractivity contribution in [2.24, 2.45) is 7.05 Å². The lowest BCUT2D eigenvalue weighted by atomic mass is 10.1. The molecule has 0 unspecified atom stereocenters. The molecule has 0 fully saturated rings. The summed E-state index contributed by atoms with van der Waals surface area (Å²) in [6.45, 7) is 0. The largest absolute Gasteiger partial charge is 0.327 e. The first-order valence-electron chi connectivity index (χ1n) is 6.41. The van der Waals surface area contributed by atoms with E-state index in [2.05, 4.69) is 54.6 Å². The molecule has 0 aliphatic carbocycles. The Labute approximate surface area is 118 Å². The van der Waals surface area contributed by atoms with Crippen LogP contribution in [-0.2, 0) is 13.5 Å². The topological polar surface area (TPSA) is 17.8 Å². The lowest BCUT2D eigenvalue weighted by Crippen LogP contribution is -1.93. The predicted octanol–water partition coefficient (Wildman–Crippen LogP) is 3.71. The highest BCUT2D eigenvalue weighted by Gasteiger charge is 2.09. The molecule has 0 spiro atoms. The second kappa shape index (κ2) is 5.10. The van der Waals surface area contributed by atoms with Crippen LogP contribution in [0.2, 0.25) is 0 Å². The number of imidazole rings is 1. The highest BCUT2D eigenvalue weighted by atomic mass is 32.1. The van der Waals surface area contributed by atoms with Crippen molar-refractivity contribution >= 4 is 23.7 Å². The third-order valence-electron chi connectivity index (χ3n) is 3.38. The number of aryl methyl sites for hydroxylation is 2. The van der Waals surface area contributed by atoms with Gasteiger partial charge in [0.1, 0.15) is 5.82 Å². The van der Waals surface area contributed by atoms with Crippen LogP contribution in [0, 0.1) is 0 Å². The van der Waals surface area contributed by atoms with Crippen LogP contribution >= 0.6 is 12.6 Å². The SMILES string of the molecule is Cn1c(-c2ccccc2)nc2ccc(CCS)cc21. The number of hydrogen-bond acceptors (Lipinski definition) is 2. The van der Waals surface area contributed by atoms with Gasteiger partial charge in [-0.2, -0.15) is 12.6 Å². The Kier molecular flexibility index (Phi) is 3.30. The van der Waals surface area contributed by atoms with E-state index in [1.807, 2.05) is 18.2 Å². The van der Waals surface area contributed by atoms with Gasteiger partial charge in [-0.3, -0.25) is 0 Å². The molecule has 2 aromatic carbocycles. The van der Waals surface area contributed by atoms with E-state index in [4.69, 9.17) is 4.98 Å². The smallest absolute Gasteiger partial charge is 0.140 e. The van der Waals surface area contributed by atoms with E-state index in [1.165, 1.54) is 11.1 Å². The van der Waals surface area contributed by atoms with Crippen LogP contribution in [-0.4, -0.2) is 15.3 Å². The Balaban J connectivity index is 2.15. The first-order valence-corrected chi connectivity index (χ1v) is 7.04.